The number of hydrogen-bond donors (Lipinski definition) is 0. The van der Waals surface area contributed by atoms with E-state index in [0.29, 0.717) is 14.7 Å². The molecule has 0 saturated carbocycles. The summed E-state index contributed by atoms with van der Waals surface area (Å²) in [6.45, 7) is 3.87. The van der Waals surface area contributed by atoms with Crippen molar-refractivity contribution in [3.63, 3.8) is 0 Å². The standard InChI is InChI=1S/C27H23F3O3S2/c1-20-8-14-24(15-9-20)34(23-6-4-3-5-7-23,25-16-10-21(2)11-17-25)33-35(31,32)26-18-12-22(13-19-26)27(28,29)30/h3-19H,1-2H3/p+1. The first kappa shape index (κ1) is 25.0. The van der Waals surface area contributed by atoms with Gasteiger partial charge in [0, 0.05) is 0 Å². The molecule has 0 saturated heterocycles. The highest BCUT2D eigenvalue weighted by Crippen LogP contribution is 2.68. The van der Waals surface area contributed by atoms with Crippen molar-refractivity contribution in [2.45, 2.75) is 39.6 Å². The minimum absolute atomic E-state index is 0.294. The van der Waals surface area contributed by atoms with Gasteiger partial charge in [0.15, 0.2) is 0 Å². The fourth-order valence-corrected chi connectivity index (χ4v) is 9.09. The van der Waals surface area contributed by atoms with E-state index in [2.05, 4.69) is 3.63 Å². The minimum Gasteiger partial charge on any atom is -0.258 e. The van der Waals surface area contributed by atoms with Crippen LogP contribution in [0.1, 0.15) is 16.7 Å². The maximum absolute atomic E-state index is 13.6. The molecule has 8 heteroatoms. The van der Waals surface area contributed by atoms with E-state index in [1.807, 2.05) is 92.7 Å². The number of rotatable bonds is 6. The van der Waals surface area contributed by atoms with Crippen LogP contribution in [-0.2, 0) is 16.3 Å². The molecular formula is C27H24F3O3S2+. The zero-order valence-electron chi connectivity index (χ0n) is 19.0. The Kier molecular flexibility index (Phi) is 6.81. The fraction of sp³-hybridized carbons (Fsp3) is 0.111. The molecule has 4 aromatic carbocycles. The molecule has 0 aliphatic carbocycles. The molecule has 0 fully saturated rings. The molecule has 0 aliphatic rings. The second-order valence-electron chi connectivity index (χ2n) is 8.09. The summed E-state index contributed by atoms with van der Waals surface area (Å²) in [5.74, 6) is 0. The first-order valence-electron chi connectivity index (χ1n) is 10.7. The van der Waals surface area contributed by atoms with Gasteiger partial charge < -0.3 is 0 Å². The minimum atomic E-state index is -4.57. The van der Waals surface area contributed by atoms with Crippen LogP contribution in [0.25, 0.3) is 0 Å². The predicted octanol–water partition coefficient (Wildman–Crippen LogP) is 8.00. The molecule has 35 heavy (non-hydrogen) atoms. The van der Waals surface area contributed by atoms with Crippen molar-refractivity contribution < 1.29 is 25.2 Å². The molecule has 0 bridgehead atoms. The summed E-state index contributed by atoms with van der Waals surface area (Å²) in [7, 11) is -7.05. The molecule has 4 rings (SSSR count). The van der Waals surface area contributed by atoms with Gasteiger partial charge in [-0.1, -0.05) is 53.6 Å². The Hall–Kier alpha value is -3.07. The molecule has 0 aromatic heterocycles. The van der Waals surface area contributed by atoms with Crippen molar-refractivity contribution in [2.75, 3.05) is 0 Å². The van der Waals surface area contributed by atoms with Crippen LogP contribution >= 0.6 is 10.3 Å². The topological polar surface area (TPSA) is 46.9 Å². The first-order valence-corrected chi connectivity index (χ1v) is 13.7. The lowest BCUT2D eigenvalue weighted by atomic mass is 10.2. The second-order valence-corrected chi connectivity index (χ2v) is 12.7. The van der Waals surface area contributed by atoms with Crippen LogP contribution in [0.5, 0.6) is 0 Å². The van der Waals surface area contributed by atoms with Crippen LogP contribution < -0.4 is 0 Å². The van der Waals surface area contributed by atoms with Crippen molar-refractivity contribution >= 4 is 20.4 Å². The first-order chi connectivity index (χ1) is 16.5. The molecule has 0 heterocycles. The molecule has 0 aliphatic heterocycles. The summed E-state index contributed by atoms with van der Waals surface area (Å²) < 4.78 is 71.0. The van der Waals surface area contributed by atoms with Gasteiger partial charge in [-0.05, 0) is 74.5 Å². The van der Waals surface area contributed by atoms with Gasteiger partial charge in [-0.2, -0.15) is 13.2 Å². The summed E-state index contributed by atoms with van der Waals surface area (Å²) in [6.07, 6.45) is -4.57. The molecular weight excluding hydrogens is 493 g/mol. The van der Waals surface area contributed by atoms with Crippen LogP contribution in [0.2, 0.25) is 0 Å². The second kappa shape index (κ2) is 9.53. The molecule has 3 nitrogen and oxygen atoms in total. The van der Waals surface area contributed by atoms with Crippen LogP contribution in [0.4, 0.5) is 13.2 Å². The van der Waals surface area contributed by atoms with Crippen molar-refractivity contribution in [1.82, 2.24) is 0 Å². The van der Waals surface area contributed by atoms with E-state index in [1.165, 1.54) is 0 Å². The number of halogens is 3. The molecule has 0 unspecified atom stereocenters. The lowest BCUT2D eigenvalue weighted by Gasteiger charge is -2.35. The lowest BCUT2D eigenvalue weighted by Crippen LogP contribution is -2.19. The van der Waals surface area contributed by atoms with Gasteiger partial charge in [0.1, 0.15) is 4.90 Å². The van der Waals surface area contributed by atoms with Crippen LogP contribution in [-0.4, -0.2) is 12.0 Å². The van der Waals surface area contributed by atoms with E-state index in [-0.39, 0.29) is 4.90 Å². The number of alkyl halides is 3. The monoisotopic (exact) mass is 517 g/mol. The zero-order chi connectivity index (χ0) is 25.3. The normalized spacial score (nSPS) is 12.9. The van der Waals surface area contributed by atoms with Gasteiger partial charge in [-0.3, -0.25) is 3.63 Å². The summed E-state index contributed by atoms with van der Waals surface area (Å²) in [6, 6.07) is 27.6. The highest BCUT2D eigenvalue weighted by molar-refractivity contribution is 8.32. The summed E-state index contributed by atoms with van der Waals surface area (Å²) in [5, 5.41) is 0. The number of hydrogen-bond acceptors (Lipinski definition) is 2. The Morgan fingerprint density at radius 2 is 0.971 bits per heavy atom. The largest absolute Gasteiger partial charge is 0.422 e. The van der Waals surface area contributed by atoms with E-state index >= 15 is 0 Å². The van der Waals surface area contributed by atoms with Crippen molar-refractivity contribution in [3.8, 4) is 0 Å². The van der Waals surface area contributed by atoms with E-state index < -0.39 is 32.2 Å². The van der Waals surface area contributed by atoms with Gasteiger partial charge in [-0.25, -0.2) is 0 Å². The zero-order valence-corrected chi connectivity index (χ0v) is 20.7. The Balaban J connectivity index is 1.95. The van der Waals surface area contributed by atoms with Gasteiger partial charge >= 0.3 is 16.3 Å². The van der Waals surface area contributed by atoms with Crippen molar-refractivity contribution in [1.29, 1.82) is 0 Å². The summed E-state index contributed by atoms with van der Waals surface area (Å²) in [5.41, 5.74) is 1.09. The highest BCUT2D eigenvalue weighted by atomic mass is 32.3. The van der Waals surface area contributed by atoms with Crippen molar-refractivity contribution in [2.24, 2.45) is 0 Å². The fourth-order valence-electron chi connectivity index (χ4n) is 3.63. The van der Waals surface area contributed by atoms with Gasteiger partial charge in [0.2, 0.25) is 0 Å². The molecule has 182 valence electrons. The average molecular weight is 518 g/mol. The maximum atomic E-state index is 13.6. The highest BCUT2D eigenvalue weighted by Gasteiger charge is 2.43. The van der Waals surface area contributed by atoms with Crippen LogP contribution in [0.3, 0.4) is 0 Å². The third kappa shape index (κ3) is 5.15. The molecule has 4 aromatic rings. The molecule has 0 atom stereocenters. The lowest BCUT2D eigenvalue weighted by molar-refractivity contribution is -0.137. The number of aryl methyl sites for hydroxylation is 2. The van der Waals surface area contributed by atoms with Crippen LogP contribution in [0, 0.1) is 13.8 Å². The maximum Gasteiger partial charge on any atom is 0.422 e. The molecule has 0 radical (unpaired) electrons. The van der Waals surface area contributed by atoms with Gasteiger partial charge in [0.25, 0.3) is 0 Å². The van der Waals surface area contributed by atoms with Gasteiger partial charge in [0.05, 0.1) is 30.6 Å². The van der Waals surface area contributed by atoms with E-state index in [4.69, 9.17) is 0 Å². The molecule has 0 spiro atoms. The number of benzene rings is 4. The molecule has 0 amide bonds. The van der Waals surface area contributed by atoms with E-state index in [9.17, 15) is 21.6 Å². The summed E-state index contributed by atoms with van der Waals surface area (Å²) >= 11 is 0. The van der Waals surface area contributed by atoms with Crippen LogP contribution in [0.15, 0.2) is 123 Å². The SMILES string of the molecule is Cc1ccc(S([OH+]S(=O)(=O)c2ccc(C(F)(F)F)cc2)(c2ccccc2)c2ccc(C)cc2)cc1. The van der Waals surface area contributed by atoms with Crippen molar-refractivity contribution in [3.05, 3.63) is 120 Å². The average Bonchev–Trinajstić information content (AvgIpc) is 2.84. The third-order valence-corrected chi connectivity index (χ3v) is 10.9. The quantitative estimate of drug-likeness (QED) is 0.192. The van der Waals surface area contributed by atoms with Gasteiger partial charge in [-0.15, -0.1) is 8.42 Å². The Labute approximate surface area is 204 Å². The van der Waals surface area contributed by atoms with E-state index in [1.54, 1.807) is 0 Å². The Morgan fingerprint density at radius 3 is 1.40 bits per heavy atom. The Bertz CT molecular complexity index is 1350. The third-order valence-electron chi connectivity index (χ3n) is 5.50. The summed E-state index contributed by atoms with van der Waals surface area (Å²) in [4.78, 5) is 1.81. The smallest absolute Gasteiger partial charge is 0.258 e. The van der Waals surface area contributed by atoms with E-state index in [0.717, 1.165) is 35.4 Å². The molecule has 1 N–H and O–H groups in total. The Morgan fingerprint density at radius 1 is 0.571 bits per heavy atom. The predicted molar refractivity (Wildman–Crippen MR) is 132 cm³/mol.